The molecule has 1 atom stereocenters. The molecule has 9 heteroatoms. The first-order valence-corrected chi connectivity index (χ1v) is 7.26. The van der Waals surface area contributed by atoms with Gasteiger partial charge in [-0.25, -0.2) is 4.79 Å². The molecule has 1 heterocycles. The van der Waals surface area contributed by atoms with Crippen molar-refractivity contribution in [1.82, 2.24) is 4.90 Å². The fraction of sp³-hybridized carbons (Fsp3) is 0.467. The van der Waals surface area contributed by atoms with Gasteiger partial charge in [0.25, 0.3) is 0 Å². The van der Waals surface area contributed by atoms with E-state index in [0.29, 0.717) is 26.1 Å². The molecule has 6 nitrogen and oxygen atoms in total. The van der Waals surface area contributed by atoms with Crippen LogP contribution < -0.4 is 10.1 Å². The molecular weight excluding hydrogens is 327 g/mol. The largest absolute Gasteiger partial charge is 0.573 e. The number of nitriles is 1. The number of hydrogen-bond acceptors (Lipinski definition) is 4. The molecular formula is C15H16F3N3O3. The Kier molecular flexibility index (Phi) is 5.51. The summed E-state index contributed by atoms with van der Waals surface area (Å²) in [5.41, 5.74) is -0.110. The van der Waals surface area contributed by atoms with Gasteiger partial charge in [-0.05, 0) is 31.5 Å². The molecule has 1 aliphatic rings. The first-order valence-electron chi connectivity index (χ1n) is 7.26. The molecule has 2 rings (SSSR count). The molecule has 0 radical (unpaired) electrons. The number of urea groups is 1. The van der Waals surface area contributed by atoms with E-state index in [4.69, 9.17) is 10.00 Å². The van der Waals surface area contributed by atoms with Gasteiger partial charge in [0.2, 0.25) is 0 Å². The summed E-state index contributed by atoms with van der Waals surface area (Å²) in [4.78, 5) is 13.8. The van der Waals surface area contributed by atoms with Crippen LogP contribution in [0.15, 0.2) is 18.2 Å². The minimum atomic E-state index is -4.89. The molecule has 0 spiro atoms. The normalized spacial score (nSPS) is 18.5. The van der Waals surface area contributed by atoms with E-state index >= 15 is 0 Å². The van der Waals surface area contributed by atoms with Crippen molar-refractivity contribution < 1.29 is 27.4 Å². The van der Waals surface area contributed by atoms with Crippen LogP contribution >= 0.6 is 0 Å². The molecule has 1 fully saturated rings. The van der Waals surface area contributed by atoms with E-state index in [0.717, 1.165) is 12.1 Å². The van der Waals surface area contributed by atoms with E-state index in [1.54, 1.807) is 11.0 Å². The predicted molar refractivity (Wildman–Crippen MR) is 78.5 cm³/mol. The minimum Gasteiger partial charge on any atom is -0.404 e. The third-order valence-corrected chi connectivity index (χ3v) is 3.32. The minimum absolute atomic E-state index is 0.101. The fourth-order valence-electron chi connectivity index (χ4n) is 2.29. The standard InChI is InChI=1S/C15H16F3N3O3/c1-10-9-21(5-2-6-23-10)14(22)20-12-3-4-13(11(7-12)8-19)24-15(16,17)18/h3-4,7,10H,2,5-6,9H2,1H3,(H,20,22)/t10-/m0/s1. The lowest BCUT2D eigenvalue weighted by molar-refractivity contribution is -0.274. The number of carbonyl (C=O) groups is 1. The van der Waals surface area contributed by atoms with E-state index in [2.05, 4.69) is 10.1 Å². The van der Waals surface area contributed by atoms with Gasteiger partial charge in [-0.2, -0.15) is 5.26 Å². The Labute approximate surface area is 136 Å². The maximum absolute atomic E-state index is 12.3. The molecule has 0 aromatic heterocycles. The topological polar surface area (TPSA) is 74.6 Å². The van der Waals surface area contributed by atoms with Crippen molar-refractivity contribution in [2.24, 2.45) is 0 Å². The zero-order chi connectivity index (χ0) is 17.7. The van der Waals surface area contributed by atoms with Crippen LogP contribution in [0.1, 0.15) is 18.9 Å². The lowest BCUT2D eigenvalue weighted by Gasteiger charge is -2.22. The Hall–Kier alpha value is -2.47. The molecule has 1 aliphatic heterocycles. The first kappa shape index (κ1) is 17.9. The highest BCUT2D eigenvalue weighted by molar-refractivity contribution is 5.89. The molecule has 0 aliphatic carbocycles. The summed E-state index contributed by atoms with van der Waals surface area (Å²) in [5, 5.41) is 11.5. The van der Waals surface area contributed by atoms with Crippen LogP contribution in [0.25, 0.3) is 0 Å². The molecule has 1 saturated heterocycles. The van der Waals surface area contributed by atoms with Gasteiger partial charge in [-0.1, -0.05) is 0 Å². The molecule has 1 aromatic rings. The summed E-state index contributed by atoms with van der Waals surface area (Å²) in [6, 6.07) is 4.60. The van der Waals surface area contributed by atoms with Gasteiger partial charge in [0, 0.05) is 25.4 Å². The van der Waals surface area contributed by atoms with Crippen molar-refractivity contribution in [3.05, 3.63) is 23.8 Å². The summed E-state index contributed by atoms with van der Waals surface area (Å²) >= 11 is 0. The van der Waals surface area contributed by atoms with Crippen LogP contribution in [0.4, 0.5) is 23.7 Å². The van der Waals surface area contributed by atoms with Gasteiger partial charge >= 0.3 is 12.4 Å². The van der Waals surface area contributed by atoms with Gasteiger partial charge in [0.15, 0.2) is 0 Å². The molecule has 2 amide bonds. The summed E-state index contributed by atoms with van der Waals surface area (Å²) < 4.78 is 46.0. The number of nitrogens with zero attached hydrogens (tertiary/aromatic N) is 2. The monoisotopic (exact) mass is 343 g/mol. The molecule has 0 unspecified atom stereocenters. The number of carbonyl (C=O) groups excluding carboxylic acids is 1. The van der Waals surface area contributed by atoms with Gasteiger partial charge in [0.1, 0.15) is 11.8 Å². The summed E-state index contributed by atoms with van der Waals surface area (Å²) in [6.45, 7) is 3.33. The van der Waals surface area contributed by atoms with Crippen molar-refractivity contribution in [3.8, 4) is 11.8 Å². The third kappa shape index (κ3) is 5.03. The zero-order valence-corrected chi connectivity index (χ0v) is 12.9. The second-order valence-corrected chi connectivity index (χ2v) is 5.28. The van der Waals surface area contributed by atoms with Crippen molar-refractivity contribution in [2.75, 3.05) is 25.0 Å². The number of anilines is 1. The maximum Gasteiger partial charge on any atom is 0.573 e. The molecule has 130 valence electrons. The SMILES string of the molecule is C[C@H]1CN(C(=O)Nc2ccc(OC(F)(F)F)c(C#N)c2)CCCO1. The number of ether oxygens (including phenoxy) is 2. The van der Waals surface area contributed by atoms with Crippen molar-refractivity contribution in [3.63, 3.8) is 0 Å². The number of nitrogens with one attached hydrogen (secondary N) is 1. The molecule has 24 heavy (non-hydrogen) atoms. The quantitative estimate of drug-likeness (QED) is 0.895. The summed E-state index contributed by atoms with van der Waals surface area (Å²) in [6.07, 6.45) is -4.30. The predicted octanol–water partition coefficient (Wildman–Crippen LogP) is 3.10. The van der Waals surface area contributed by atoms with Gasteiger partial charge in [0.05, 0.1) is 11.7 Å². The highest BCUT2D eigenvalue weighted by atomic mass is 19.4. The second kappa shape index (κ2) is 7.40. The number of alkyl halides is 3. The number of hydrogen-bond donors (Lipinski definition) is 1. The van der Waals surface area contributed by atoms with Crippen LogP contribution in [0.3, 0.4) is 0 Å². The lowest BCUT2D eigenvalue weighted by Crippen LogP contribution is -2.38. The Morgan fingerprint density at radius 2 is 2.25 bits per heavy atom. The van der Waals surface area contributed by atoms with Gasteiger partial charge in [-0.15, -0.1) is 13.2 Å². The molecule has 1 N–H and O–H groups in total. The van der Waals surface area contributed by atoms with Crippen molar-refractivity contribution in [2.45, 2.75) is 25.8 Å². The second-order valence-electron chi connectivity index (χ2n) is 5.28. The molecule has 1 aromatic carbocycles. The first-order chi connectivity index (χ1) is 11.3. The lowest BCUT2D eigenvalue weighted by atomic mass is 10.2. The van der Waals surface area contributed by atoms with Crippen LogP contribution in [-0.4, -0.2) is 43.1 Å². The average Bonchev–Trinajstić information content (AvgIpc) is 2.72. The number of halogens is 3. The maximum atomic E-state index is 12.3. The third-order valence-electron chi connectivity index (χ3n) is 3.32. The smallest absolute Gasteiger partial charge is 0.404 e. The van der Waals surface area contributed by atoms with E-state index < -0.39 is 18.1 Å². The van der Waals surface area contributed by atoms with E-state index in [1.165, 1.54) is 6.07 Å². The number of amides is 2. The molecule has 0 bridgehead atoms. The highest BCUT2D eigenvalue weighted by Crippen LogP contribution is 2.28. The fourth-order valence-corrected chi connectivity index (χ4v) is 2.29. The van der Waals surface area contributed by atoms with Crippen LogP contribution in [-0.2, 0) is 4.74 Å². The Bertz CT molecular complexity index is 643. The average molecular weight is 343 g/mol. The van der Waals surface area contributed by atoms with Crippen molar-refractivity contribution in [1.29, 1.82) is 5.26 Å². The molecule has 0 saturated carbocycles. The number of rotatable bonds is 2. The van der Waals surface area contributed by atoms with Gasteiger partial charge in [-0.3, -0.25) is 0 Å². The number of benzene rings is 1. The van der Waals surface area contributed by atoms with Crippen LogP contribution in [0, 0.1) is 11.3 Å². The van der Waals surface area contributed by atoms with Crippen molar-refractivity contribution >= 4 is 11.7 Å². The van der Waals surface area contributed by atoms with E-state index in [1.807, 2.05) is 6.92 Å². The zero-order valence-electron chi connectivity index (χ0n) is 12.9. The van der Waals surface area contributed by atoms with E-state index in [-0.39, 0.29) is 17.4 Å². The van der Waals surface area contributed by atoms with Crippen LogP contribution in [0.2, 0.25) is 0 Å². The van der Waals surface area contributed by atoms with Crippen LogP contribution in [0.5, 0.6) is 5.75 Å². The summed E-state index contributed by atoms with van der Waals surface area (Å²) in [7, 11) is 0. The summed E-state index contributed by atoms with van der Waals surface area (Å²) in [5.74, 6) is -0.611. The van der Waals surface area contributed by atoms with E-state index in [9.17, 15) is 18.0 Å². The highest BCUT2D eigenvalue weighted by Gasteiger charge is 2.32. The van der Waals surface area contributed by atoms with Gasteiger partial charge < -0.3 is 19.7 Å². The Morgan fingerprint density at radius 3 is 2.92 bits per heavy atom. The Morgan fingerprint density at radius 1 is 1.50 bits per heavy atom. The Balaban J connectivity index is 2.09.